The van der Waals surface area contributed by atoms with Crippen molar-refractivity contribution in [2.75, 3.05) is 0 Å². The third kappa shape index (κ3) is 4.63. The van der Waals surface area contributed by atoms with E-state index in [1.807, 2.05) is 34.9 Å². The monoisotopic (exact) mass is 445 g/mol. The molecule has 0 aliphatic heterocycles. The molecule has 0 radical (unpaired) electrons. The summed E-state index contributed by atoms with van der Waals surface area (Å²) in [7, 11) is 0. The van der Waals surface area contributed by atoms with Crippen molar-refractivity contribution in [3.05, 3.63) is 94.8 Å². The molecule has 32 heavy (non-hydrogen) atoms. The lowest BCUT2D eigenvalue weighted by molar-refractivity contribution is 0.589. The van der Waals surface area contributed by atoms with Crippen LogP contribution in [0.25, 0.3) is 17.1 Å². The summed E-state index contributed by atoms with van der Waals surface area (Å²) in [6, 6.07) is 21.1. The van der Waals surface area contributed by atoms with E-state index in [9.17, 15) is 4.39 Å². The predicted molar refractivity (Wildman–Crippen MR) is 131 cm³/mol. The number of para-hydroxylation sites is 1. The molecule has 0 saturated carbocycles. The highest BCUT2D eigenvalue weighted by atomic mass is 32.2. The first kappa shape index (κ1) is 22.3. The van der Waals surface area contributed by atoms with Crippen LogP contribution in [0, 0.1) is 19.7 Å². The van der Waals surface area contributed by atoms with Crippen molar-refractivity contribution in [2.45, 2.75) is 50.9 Å². The number of nitrogens with zero attached hydrogens (tertiary/aromatic N) is 3. The smallest absolute Gasteiger partial charge is 0.196 e. The molecule has 0 bridgehead atoms. The maximum atomic E-state index is 13.5. The summed E-state index contributed by atoms with van der Waals surface area (Å²) < 4.78 is 15.5. The Morgan fingerprint density at radius 2 is 1.50 bits per heavy atom. The van der Waals surface area contributed by atoms with Gasteiger partial charge < -0.3 is 0 Å². The van der Waals surface area contributed by atoms with Gasteiger partial charge in [0.15, 0.2) is 11.0 Å². The van der Waals surface area contributed by atoms with Gasteiger partial charge in [0.05, 0.1) is 0 Å². The van der Waals surface area contributed by atoms with Gasteiger partial charge in [-0.2, -0.15) is 0 Å². The highest BCUT2D eigenvalue weighted by molar-refractivity contribution is 7.98. The molecule has 1 heterocycles. The fourth-order valence-electron chi connectivity index (χ4n) is 3.75. The second kappa shape index (κ2) is 8.91. The zero-order valence-electron chi connectivity index (χ0n) is 19.2. The number of aromatic nitrogens is 3. The van der Waals surface area contributed by atoms with Crippen LogP contribution in [-0.4, -0.2) is 14.8 Å². The van der Waals surface area contributed by atoms with E-state index < -0.39 is 0 Å². The Morgan fingerprint density at radius 3 is 2.09 bits per heavy atom. The van der Waals surface area contributed by atoms with E-state index in [4.69, 9.17) is 0 Å². The Labute approximate surface area is 193 Å². The average Bonchev–Trinajstić information content (AvgIpc) is 3.17. The molecule has 0 fully saturated rings. The van der Waals surface area contributed by atoms with Gasteiger partial charge in [-0.3, -0.25) is 4.57 Å². The van der Waals surface area contributed by atoms with Crippen molar-refractivity contribution >= 4 is 11.8 Å². The Balaban J connectivity index is 1.70. The number of halogens is 1. The number of hydrogen-bond donors (Lipinski definition) is 0. The molecule has 3 aromatic carbocycles. The van der Waals surface area contributed by atoms with E-state index in [0.717, 1.165) is 22.2 Å². The summed E-state index contributed by atoms with van der Waals surface area (Å²) in [6.45, 7) is 11.1. The molecule has 4 aromatic rings. The summed E-state index contributed by atoms with van der Waals surface area (Å²) >= 11 is 1.67. The van der Waals surface area contributed by atoms with Gasteiger partial charge in [-0.1, -0.05) is 62.9 Å². The molecular weight excluding hydrogens is 417 g/mol. The first-order valence-corrected chi connectivity index (χ1v) is 11.7. The number of hydrogen-bond acceptors (Lipinski definition) is 3. The molecule has 0 aliphatic carbocycles. The van der Waals surface area contributed by atoms with Crippen LogP contribution in [0.1, 0.15) is 43.0 Å². The van der Waals surface area contributed by atoms with Gasteiger partial charge in [0.25, 0.3) is 0 Å². The van der Waals surface area contributed by atoms with E-state index in [0.29, 0.717) is 5.82 Å². The SMILES string of the molecule is Cc1cc(C(C)(C)C)cc(C)c1CSc1nnc(-c2ccc(F)cc2)n1-c1ccccc1. The number of rotatable bonds is 5. The highest BCUT2D eigenvalue weighted by Crippen LogP contribution is 2.33. The van der Waals surface area contributed by atoms with Crippen LogP contribution in [0.15, 0.2) is 71.9 Å². The molecule has 0 unspecified atom stereocenters. The standard InChI is InChI=1S/C27H28FN3S/c1-18-15-21(27(3,4)5)16-19(2)24(18)17-32-26-30-29-25(20-11-13-22(28)14-12-20)31(26)23-9-7-6-8-10-23/h6-16H,17H2,1-5H3. The van der Waals surface area contributed by atoms with Gasteiger partial charge >= 0.3 is 0 Å². The maximum Gasteiger partial charge on any atom is 0.196 e. The number of thioether (sulfide) groups is 1. The normalized spacial score (nSPS) is 11.7. The minimum Gasteiger partial charge on any atom is -0.270 e. The molecule has 0 spiro atoms. The van der Waals surface area contributed by atoms with E-state index in [1.54, 1.807) is 23.9 Å². The van der Waals surface area contributed by atoms with E-state index in [2.05, 4.69) is 56.9 Å². The van der Waals surface area contributed by atoms with Gasteiger partial charge in [0.1, 0.15) is 5.82 Å². The quantitative estimate of drug-likeness (QED) is 0.302. The van der Waals surface area contributed by atoms with Crippen LogP contribution in [0.4, 0.5) is 4.39 Å². The minimum atomic E-state index is -0.265. The molecule has 164 valence electrons. The van der Waals surface area contributed by atoms with Crippen molar-refractivity contribution in [1.29, 1.82) is 0 Å². The van der Waals surface area contributed by atoms with Crippen LogP contribution in [0.5, 0.6) is 0 Å². The van der Waals surface area contributed by atoms with Crippen molar-refractivity contribution < 1.29 is 4.39 Å². The molecule has 3 nitrogen and oxygen atoms in total. The molecule has 0 atom stereocenters. The molecule has 5 heteroatoms. The van der Waals surface area contributed by atoms with Gasteiger partial charge in [0, 0.05) is 17.0 Å². The molecule has 4 rings (SSSR count). The third-order valence-electron chi connectivity index (χ3n) is 5.66. The predicted octanol–water partition coefficient (Wildman–Crippen LogP) is 7.28. The zero-order chi connectivity index (χ0) is 22.9. The van der Waals surface area contributed by atoms with Crippen molar-refractivity contribution in [1.82, 2.24) is 14.8 Å². The fourth-order valence-corrected chi connectivity index (χ4v) is 4.90. The first-order valence-electron chi connectivity index (χ1n) is 10.7. The molecule has 0 N–H and O–H groups in total. The van der Waals surface area contributed by atoms with Crippen LogP contribution < -0.4 is 0 Å². The van der Waals surface area contributed by atoms with Crippen molar-refractivity contribution in [3.63, 3.8) is 0 Å². The summed E-state index contributed by atoms with van der Waals surface area (Å²) in [6.07, 6.45) is 0. The lowest BCUT2D eigenvalue weighted by Crippen LogP contribution is -2.12. The van der Waals surface area contributed by atoms with Crippen LogP contribution in [0.2, 0.25) is 0 Å². The Morgan fingerprint density at radius 1 is 0.875 bits per heavy atom. The molecule has 0 amide bonds. The fraction of sp³-hybridized carbons (Fsp3) is 0.259. The maximum absolute atomic E-state index is 13.5. The number of aryl methyl sites for hydroxylation is 2. The molecular formula is C27H28FN3S. The Hall–Kier alpha value is -2.92. The van der Waals surface area contributed by atoms with Crippen molar-refractivity contribution in [2.24, 2.45) is 0 Å². The van der Waals surface area contributed by atoms with E-state index in [-0.39, 0.29) is 11.2 Å². The average molecular weight is 446 g/mol. The molecule has 1 aromatic heterocycles. The lowest BCUT2D eigenvalue weighted by atomic mass is 9.84. The largest absolute Gasteiger partial charge is 0.270 e. The summed E-state index contributed by atoms with van der Waals surface area (Å²) in [5.41, 5.74) is 7.21. The summed E-state index contributed by atoms with van der Waals surface area (Å²) in [5.74, 6) is 1.24. The van der Waals surface area contributed by atoms with Crippen molar-refractivity contribution in [3.8, 4) is 17.1 Å². The summed E-state index contributed by atoms with van der Waals surface area (Å²) in [4.78, 5) is 0. The van der Waals surface area contributed by atoms with Gasteiger partial charge in [0.2, 0.25) is 0 Å². The van der Waals surface area contributed by atoms with E-state index >= 15 is 0 Å². The minimum absolute atomic E-state index is 0.124. The lowest BCUT2D eigenvalue weighted by Gasteiger charge is -2.22. The molecule has 0 saturated heterocycles. The second-order valence-corrected chi connectivity index (χ2v) is 10.1. The number of benzene rings is 3. The topological polar surface area (TPSA) is 30.7 Å². The van der Waals surface area contributed by atoms with Gasteiger partial charge in [-0.05, 0) is 77.9 Å². The van der Waals surface area contributed by atoms with E-state index in [1.165, 1.54) is 34.4 Å². The molecule has 0 aliphatic rings. The second-order valence-electron chi connectivity index (χ2n) is 9.11. The Kier molecular flexibility index (Phi) is 6.20. The Bertz CT molecular complexity index is 1200. The van der Waals surface area contributed by atoms with Crippen LogP contribution in [-0.2, 0) is 11.2 Å². The van der Waals surface area contributed by atoms with Gasteiger partial charge in [-0.25, -0.2) is 4.39 Å². The highest BCUT2D eigenvalue weighted by Gasteiger charge is 2.19. The van der Waals surface area contributed by atoms with Gasteiger partial charge in [-0.15, -0.1) is 10.2 Å². The first-order chi connectivity index (χ1) is 15.2. The summed E-state index contributed by atoms with van der Waals surface area (Å²) in [5, 5.41) is 9.78. The van der Waals surface area contributed by atoms with Crippen LogP contribution in [0.3, 0.4) is 0 Å². The zero-order valence-corrected chi connectivity index (χ0v) is 20.0. The third-order valence-corrected chi connectivity index (χ3v) is 6.61. The van der Waals surface area contributed by atoms with Crippen LogP contribution >= 0.6 is 11.8 Å².